The Hall–Kier alpha value is -2.73. The summed E-state index contributed by atoms with van der Waals surface area (Å²) >= 11 is 5.21. The van der Waals surface area contributed by atoms with Gasteiger partial charge in [0.1, 0.15) is 0 Å². The highest BCUT2D eigenvalue weighted by Gasteiger charge is 2.12. The van der Waals surface area contributed by atoms with E-state index in [-0.39, 0.29) is 23.0 Å². The van der Waals surface area contributed by atoms with Crippen LogP contribution in [-0.2, 0) is 4.79 Å². The number of anilines is 1. The SMILES string of the molecule is CCCCCCC(=O)NC(=S)Nc1cccc(C(=O)NC(C)c2ccccc2)c1. The predicted octanol–water partition coefficient (Wildman–Crippen LogP) is 4.96. The summed E-state index contributed by atoms with van der Waals surface area (Å²) < 4.78 is 0. The first-order chi connectivity index (χ1) is 14.0. The first-order valence-corrected chi connectivity index (χ1v) is 10.5. The Morgan fingerprint density at radius 2 is 1.76 bits per heavy atom. The molecule has 6 heteroatoms. The second kappa shape index (κ2) is 12.0. The van der Waals surface area contributed by atoms with Gasteiger partial charge in [0.05, 0.1) is 6.04 Å². The van der Waals surface area contributed by atoms with Gasteiger partial charge in [0.15, 0.2) is 5.11 Å². The minimum atomic E-state index is -0.170. The fourth-order valence-corrected chi connectivity index (χ4v) is 3.14. The first-order valence-electron chi connectivity index (χ1n) is 10.1. The van der Waals surface area contributed by atoms with Crippen LogP contribution in [0.5, 0.6) is 0 Å². The zero-order chi connectivity index (χ0) is 21.1. The van der Waals surface area contributed by atoms with Crippen LogP contribution in [-0.4, -0.2) is 16.9 Å². The van der Waals surface area contributed by atoms with Crippen molar-refractivity contribution in [2.45, 2.75) is 52.0 Å². The molecule has 154 valence electrons. The van der Waals surface area contributed by atoms with Crippen molar-refractivity contribution < 1.29 is 9.59 Å². The zero-order valence-corrected chi connectivity index (χ0v) is 17.9. The molecule has 2 amide bonds. The summed E-state index contributed by atoms with van der Waals surface area (Å²) in [7, 11) is 0. The summed E-state index contributed by atoms with van der Waals surface area (Å²) in [5.41, 5.74) is 2.21. The van der Waals surface area contributed by atoms with Gasteiger partial charge in [0.25, 0.3) is 5.91 Å². The minimum Gasteiger partial charge on any atom is -0.346 e. The Morgan fingerprint density at radius 3 is 2.48 bits per heavy atom. The fraction of sp³-hybridized carbons (Fsp3) is 0.348. The van der Waals surface area contributed by atoms with Gasteiger partial charge >= 0.3 is 0 Å². The molecule has 0 aliphatic heterocycles. The molecule has 0 aromatic heterocycles. The normalized spacial score (nSPS) is 11.4. The molecule has 29 heavy (non-hydrogen) atoms. The van der Waals surface area contributed by atoms with Crippen LogP contribution in [0, 0.1) is 0 Å². The summed E-state index contributed by atoms with van der Waals surface area (Å²) in [6, 6.07) is 16.7. The third kappa shape index (κ3) is 8.03. The van der Waals surface area contributed by atoms with E-state index in [1.807, 2.05) is 37.3 Å². The molecule has 0 heterocycles. The van der Waals surface area contributed by atoms with Gasteiger partial charge in [-0.3, -0.25) is 9.59 Å². The maximum atomic E-state index is 12.6. The second-order valence-electron chi connectivity index (χ2n) is 7.00. The lowest BCUT2D eigenvalue weighted by Gasteiger charge is -2.15. The number of benzene rings is 2. The number of hydrogen-bond acceptors (Lipinski definition) is 3. The lowest BCUT2D eigenvalue weighted by molar-refractivity contribution is -0.119. The average Bonchev–Trinajstić information content (AvgIpc) is 2.72. The van der Waals surface area contributed by atoms with Crippen molar-refractivity contribution in [2.75, 3.05) is 5.32 Å². The number of thiocarbonyl (C=S) groups is 1. The Labute approximate surface area is 178 Å². The van der Waals surface area contributed by atoms with E-state index < -0.39 is 0 Å². The minimum absolute atomic E-state index is 0.0933. The molecule has 0 saturated heterocycles. The number of carbonyl (C=O) groups is 2. The van der Waals surface area contributed by atoms with Crippen molar-refractivity contribution >= 4 is 34.8 Å². The smallest absolute Gasteiger partial charge is 0.251 e. The second-order valence-corrected chi connectivity index (χ2v) is 7.41. The van der Waals surface area contributed by atoms with Gasteiger partial charge in [0, 0.05) is 17.7 Å². The average molecular weight is 412 g/mol. The Balaban J connectivity index is 1.87. The number of rotatable bonds is 9. The molecule has 0 radical (unpaired) electrons. The van der Waals surface area contributed by atoms with Crippen molar-refractivity contribution in [3.63, 3.8) is 0 Å². The summed E-state index contributed by atoms with van der Waals surface area (Å²) in [6.07, 6.45) is 4.63. The molecule has 0 spiro atoms. The van der Waals surface area contributed by atoms with Crippen molar-refractivity contribution in [3.8, 4) is 0 Å². The van der Waals surface area contributed by atoms with Crippen LogP contribution in [0.25, 0.3) is 0 Å². The Bertz CT molecular complexity index is 824. The predicted molar refractivity (Wildman–Crippen MR) is 122 cm³/mol. The van der Waals surface area contributed by atoms with Gasteiger partial charge in [0.2, 0.25) is 5.91 Å². The van der Waals surface area contributed by atoms with Gasteiger partial charge in [-0.05, 0) is 49.3 Å². The van der Waals surface area contributed by atoms with Crippen LogP contribution in [0.1, 0.15) is 67.9 Å². The van der Waals surface area contributed by atoms with Crippen molar-refractivity contribution in [1.29, 1.82) is 0 Å². The quantitative estimate of drug-likeness (QED) is 0.403. The maximum absolute atomic E-state index is 12.6. The van der Waals surface area contributed by atoms with E-state index in [1.54, 1.807) is 24.3 Å². The molecular formula is C23H29N3O2S. The van der Waals surface area contributed by atoms with Crippen molar-refractivity contribution in [1.82, 2.24) is 10.6 Å². The molecule has 1 unspecified atom stereocenters. The monoisotopic (exact) mass is 411 g/mol. The van der Waals surface area contributed by atoms with Crippen LogP contribution in [0.3, 0.4) is 0 Å². The fourth-order valence-electron chi connectivity index (χ4n) is 2.91. The molecular weight excluding hydrogens is 382 g/mol. The zero-order valence-electron chi connectivity index (χ0n) is 17.0. The summed E-state index contributed by atoms with van der Waals surface area (Å²) in [5, 5.41) is 8.89. The lowest BCUT2D eigenvalue weighted by atomic mass is 10.1. The van der Waals surface area contributed by atoms with Gasteiger partial charge in [-0.15, -0.1) is 0 Å². The first kappa shape index (κ1) is 22.6. The number of amides is 2. The highest BCUT2D eigenvalue weighted by molar-refractivity contribution is 7.80. The standard InChI is InChI=1S/C23H29N3O2S/c1-3-4-5-9-15-21(27)26-23(29)25-20-14-10-13-19(16-20)22(28)24-17(2)18-11-7-6-8-12-18/h6-8,10-14,16-17H,3-5,9,15H2,1-2H3,(H,24,28)(H2,25,26,27,29). The van der Waals surface area contributed by atoms with Gasteiger partial charge in [-0.2, -0.15) is 0 Å². The molecule has 5 nitrogen and oxygen atoms in total. The number of unbranched alkanes of at least 4 members (excludes halogenated alkanes) is 3. The van der Waals surface area contributed by atoms with Crippen LogP contribution in [0.15, 0.2) is 54.6 Å². The lowest BCUT2D eigenvalue weighted by Crippen LogP contribution is -2.34. The van der Waals surface area contributed by atoms with Crippen LogP contribution < -0.4 is 16.0 Å². The van der Waals surface area contributed by atoms with E-state index in [0.717, 1.165) is 31.2 Å². The Morgan fingerprint density at radius 1 is 1.00 bits per heavy atom. The number of nitrogens with one attached hydrogen (secondary N) is 3. The van der Waals surface area contributed by atoms with Crippen molar-refractivity contribution in [2.24, 2.45) is 0 Å². The molecule has 2 rings (SSSR count). The van der Waals surface area contributed by atoms with Crippen LogP contribution in [0.4, 0.5) is 5.69 Å². The molecule has 1 atom stereocenters. The van der Waals surface area contributed by atoms with Gasteiger partial charge < -0.3 is 16.0 Å². The van der Waals surface area contributed by atoms with Gasteiger partial charge in [-0.1, -0.05) is 62.6 Å². The van der Waals surface area contributed by atoms with E-state index in [4.69, 9.17) is 12.2 Å². The third-order valence-corrected chi connectivity index (χ3v) is 4.74. The number of hydrogen-bond donors (Lipinski definition) is 3. The molecule has 0 aliphatic carbocycles. The molecule has 3 N–H and O–H groups in total. The molecule has 0 saturated carbocycles. The summed E-state index contributed by atoms with van der Waals surface area (Å²) in [4.78, 5) is 24.5. The maximum Gasteiger partial charge on any atom is 0.251 e. The van der Waals surface area contributed by atoms with Gasteiger partial charge in [-0.25, -0.2) is 0 Å². The van der Waals surface area contributed by atoms with E-state index in [9.17, 15) is 9.59 Å². The molecule has 0 fully saturated rings. The topological polar surface area (TPSA) is 70.2 Å². The largest absolute Gasteiger partial charge is 0.346 e. The van der Waals surface area contributed by atoms with E-state index in [1.165, 1.54) is 0 Å². The summed E-state index contributed by atoms with van der Waals surface area (Å²) in [6.45, 7) is 4.08. The van der Waals surface area contributed by atoms with E-state index in [2.05, 4.69) is 22.9 Å². The molecule has 0 bridgehead atoms. The molecule has 2 aromatic rings. The molecule has 0 aliphatic rings. The highest BCUT2D eigenvalue weighted by atomic mass is 32.1. The third-order valence-electron chi connectivity index (χ3n) is 4.54. The van der Waals surface area contributed by atoms with E-state index >= 15 is 0 Å². The Kier molecular flexibility index (Phi) is 9.31. The van der Waals surface area contributed by atoms with Crippen LogP contribution in [0.2, 0.25) is 0 Å². The highest BCUT2D eigenvalue weighted by Crippen LogP contribution is 2.15. The molecule has 2 aromatic carbocycles. The van der Waals surface area contributed by atoms with Crippen LogP contribution >= 0.6 is 12.2 Å². The summed E-state index contributed by atoms with van der Waals surface area (Å²) in [5.74, 6) is -0.264. The van der Waals surface area contributed by atoms with Crippen molar-refractivity contribution in [3.05, 3.63) is 65.7 Å². The van der Waals surface area contributed by atoms with E-state index in [0.29, 0.717) is 17.7 Å². The number of carbonyl (C=O) groups excluding carboxylic acids is 2.